The number of amides is 1. The predicted molar refractivity (Wildman–Crippen MR) is 118 cm³/mol. The normalized spacial score (nSPS) is 11.4. The van der Waals surface area contributed by atoms with Crippen molar-refractivity contribution in [2.24, 2.45) is 0 Å². The lowest BCUT2D eigenvalue weighted by atomic mass is 10.1. The molecule has 3 rings (SSSR count). The summed E-state index contributed by atoms with van der Waals surface area (Å²) in [6, 6.07) is 24.9. The van der Waals surface area contributed by atoms with Gasteiger partial charge in [0.2, 0.25) is 15.9 Å². The SMILES string of the molecule is O=C(CN(CCc1ccccc1)S(=O)(=O)c1ccccc1)Nc1cccc(Br)c1. The number of carbonyl (C=O) groups is 1. The number of carbonyl (C=O) groups excluding carboxylic acids is 1. The molecule has 0 atom stereocenters. The van der Waals surface area contributed by atoms with Crippen LogP contribution in [0, 0.1) is 0 Å². The molecule has 1 amide bonds. The maximum atomic E-state index is 13.1. The molecule has 1 N–H and O–H groups in total. The van der Waals surface area contributed by atoms with Gasteiger partial charge in [-0.25, -0.2) is 8.42 Å². The Bertz CT molecular complexity index is 1060. The molecule has 0 heterocycles. The summed E-state index contributed by atoms with van der Waals surface area (Å²) in [7, 11) is -3.80. The van der Waals surface area contributed by atoms with Crippen LogP contribution in [-0.4, -0.2) is 31.7 Å². The van der Waals surface area contributed by atoms with Crippen LogP contribution in [-0.2, 0) is 21.2 Å². The Morgan fingerprint density at radius 3 is 2.21 bits per heavy atom. The zero-order valence-corrected chi connectivity index (χ0v) is 18.1. The average Bonchev–Trinajstić information content (AvgIpc) is 2.72. The van der Waals surface area contributed by atoms with Crippen LogP contribution in [0.5, 0.6) is 0 Å². The number of anilines is 1. The van der Waals surface area contributed by atoms with Crippen LogP contribution >= 0.6 is 15.9 Å². The highest BCUT2D eigenvalue weighted by Crippen LogP contribution is 2.18. The molecule has 0 fully saturated rings. The van der Waals surface area contributed by atoms with Crippen LogP contribution in [0.25, 0.3) is 0 Å². The van der Waals surface area contributed by atoms with E-state index in [1.165, 1.54) is 16.4 Å². The van der Waals surface area contributed by atoms with Gasteiger partial charge in [-0.1, -0.05) is 70.5 Å². The van der Waals surface area contributed by atoms with Gasteiger partial charge in [-0.2, -0.15) is 4.31 Å². The number of nitrogens with one attached hydrogen (secondary N) is 1. The van der Waals surface area contributed by atoms with Crippen molar-refractivity contribution in [2.45, 2.75) is 11.3 Å². The Labute approximate surface area is 179 Å². The number of hydrogen-bond donors (Lipinski definition) is 1. The molecule has 0 radical (unpaired) electrons. The van der Waals surface area contributed by atoms with Gasteiger partial charge in [0.05, 0.1) is 11.4 Å². The summed E-state index contributed by atoms with van der Waals surface area (Å²) >= 11 is 3.36. The summed E-state index contributed by atoms with van der Waals surface area (Å²) in [5, 5.41) is 2.76. The van der Waals surface area contributed by atoms with Crippen molar-refractivity contribution in [3.05, 3.63) is 95.0 Å². The summed E-state index contributed by atoms with van der Waals surface area (Å²) < 4.78 is 28.3. The first-order chi connectivity index (χ1) is 13.9. The highest BCUT2D eigenvalue weighted by molar-refractivity contribution is 9.10. The molecule has 0 aliphatic carbocycles. The third kappa shape index (κ3) is 6.00. The predicted octanol–water partition coefficient (Wildman–Crippen LogP) is 4.32. The molecule has 5 nitrogen and oxygen atoms in total. The van der Waals surface area contributed by atoms with Gasteiger partial charge in [0, 0.05) is 16.7 Å². The van der Waals surface area contributed by atoms with Gasteiger partial charge >= 0.3 is 0 Å². The second-order valence-electron chi connectivity index (χ2n) is 6.45. The van der Waals surface area contributed by atoms with Gasteiger partial charge in [0.1, 0.15) is 0 Å². The molecule has 3 aromatic carbocycles. The van der Waals surface area contributed by atoms with Gasteiger partial charge in [-0.15, -0.1) is 0 Å². The van der Waals surface area contributed by atoms with Crippen molar-refractivity contribution in [3.8, 4) is 0 Å². The second kappa shape index (κ2) is 9.82. The maximum Gasteiger partial charge on any atom is 0.243 e. The Balaban J connectivity index is 1.79. The molecule has 0 aliphatic rings. The molecule has 29 heavy (non-hydrogen) atoms. The maximum absolute atomic E-state index is 13.1. The van der Waals surface area contributed by atoms with Crippen molar-refractivity contribution < 1.29 is 13.2 Å². The Morgan fingerprint density at radius 2 is 1.55 bits per heavy atom. The summed E-state index contributed by atoms with van der Waals surface area (Å²) in [5.74, 6) is -0.393. The molecular weight excluding hydrogens is 452 g/mol. The van der Waals surface area contributed by atoms with Crippen molar-refractivity contribution in [2.75, 3.05) is 18.4 Å². The summed E-state index contributed by atoms with van der Waals surface area (Å²) in [6.07, 6.45) is 0.511. The van der Waals surface area contributed by atoms with Gasteiger partial charge in [-0.3, -0.25) is 4.79 Å². The number of rotatable bonds is 8. The first kappa shape index (κ1) is 21.2. The monoisotopic (exact) mass is 472 g/mol. The van der Waals surface area contributed by atoms with Gasteiger partial charge in [0.15, 0.2) is 0 Å². The van der Waals surface area contributed by atoms with Crippen molar-refractivity contribution in [1.82, 2.24) is 4.31 Å². The number of sulfonamides is 1. The van der Waals surface area contributed by atoms with Crippen molar-refractivity contribution in [3.63, 3.8) is 0 Å². The molecule has 0 aromatic heterocycles. The third-order valence-electron chi connectivity index (χ3n) is 4.30. The minimum Gasteiger partial charge on any atom is -0.325 e. The van der Waals surface area contributed by atoms with Crippen LogP contribution in [0.4, 0.5) is 5.69 Å². The van der Waals surface area contributed by atoms with Crippen LogP contribution in [0.3, 0.4) is 0 Å². The van der Waals surface area contributed by atoms with E-state index in [9.17, 15) is 13.2 Å². The lowest BCUT2D eigenvalue weighted by Gasteiger charge is -2.22. The van der Waals surface area contributed by atoms with E-state index in [-0.39, 0.29) is 18.0 Å². The first-order valence-electron chi connectivity index (χ1n) is 9.10. The zero-order valence-electron chi connectivity index (χ0n) is 15.7. The van der Waals surface area contributed by atoms with Gasteiger partial charge < -0.3 is 5.32 Å². The second-order valence-corrected chi connectivity index (χ2v) is 9.30. The van der Waals surface area contributed by atoms with Crippen LogP contribution < -0.4 is 5.32 Å². The minimum absolute atomic E-state index is 0.170. The molecule has 150 valence electrons. The molecule has 3 aromatic rings. The van der Waals surface area contributed by atoms with E-state index in [1.54, 1.807) is 36.4 Å². The Hall–Kier alpha value is -2.48. The molecule has 0 saturated heterocycles. The molecule has 0 bridgehead atoms. The molecule has 0 spiro atoms. The van der Waals surface area contributed by atoms with E-state index in [1.807, 2.05) is 36.4 Å². The fraction of sp³-hybridized carbons (Fsp3) is 0.136. The first-order valence-corrected chi connectivity index (χ1v) is 11.3. The van der Waals surface area contributed by atoms with E-state index < -0.39 is 15.9 Å². The fourth-order valence-corrected chi connectivity index (χ4v) is 4.67. The van der Waals surface area contributed by atoms with Crippen LogP contribution in [0.1, 0.15) is 5.56 Å². The quantitative estimate of drug-likeness (QED) is 0.530. The van der Waals surface area contributed by atoms with Crippen molar-refractivity contribution >= 4 is 37.5 Å². The van der Waals surface area contributed by atoms with E-state index in [0.29, 0.717) is 12.1 Å². The summed E-state index contributed by atoms with van der Waals surface area (Å²) in [6.45, 7) is -0.0658. The van der Waals surface area contributed by atoms with E-state index >= 15 is 0 Å². The molecule has 0 unspecified atom stereocenters. The molecular formula is C22H21BrN2O3S. The lowest BCUT2D eigenvalue weighted by molar-refractivity contribution is -0.116. The van der Waals surface area contributed by atoms with Gasteiger partial charge in [-0.05, 0) is 42.3 Å². The summed E-state index contributed by atoms with van der Waals surface area (Å²) in [4.78, 5) is 12.8. The lowest BCUT2D eigenvalue weighted by Crippen LogP contribution is -2.39. The Kier molecular flexibility index (Phi) is 7.19. The van der Waals surface area contributed by atoms with E-state index in [4.69, 9.17) is 0 Å². The van der Waals surface area contributed by atoms with E-state index in [0.717, 1.165) is 10.0 Å². The smallest absolute Gasteiger partial charge is 0.243 e. The molecule has 7 heteroatoms. The summed E-state index contributed by atoms with van der Waals surface area (Å²) in [5.41, 5.74) is 1.61. The van der Waals surface area contributed by atoms with Crippen LogP contribution in [0.2, 0.25) is 0 Å². The highest BCUT2D eigenvalue weighted by atomic mass is 79.9. The number of hydrogen-bond acceptors (Lipinski definition) is 3. The zero-order chi connectivity index (χ0) is 20.7. The molecule has 0 saturated carbocycles. The standard InChI is InChI=1S/C22H21BrN2O3S/c23-19-10-7-11-20(16-19)24-22(26)17-25(15-14-18-8-3-1-4-9-18)29(27,28)21-12-5-2-6-13-21/h1-13,16H,14-15,17H2,(H,24,26). The van der Waals surface area contributed by atoms with Crippen LogP contribution in [0.15, 0.2) is 94.3 Å². The Morgan fingerprint density at radius 1 is 0.897 bits per heavy atom. The van der Waals surface area contributed by atoms with E-state index in [2.05, 4.69) is 21.2 Å². The number of nitrogens with zero attached hydrogens (tertiary/aromatic N) is 1. The number of benzene rings is 3. The average molecular weight is 473 g/mol. The van der Waals surface area contributed by atoms with Crippen molar-refractivity contribution in [1.29, 1.82) is 0 Å². The number of halogens is 1. The minimum atomic E-state index is -3.80. The molecule has 0 aliphatic heterocycles. The topological polar surface area (TPSA) is 66.5 Å². The highest BCUT2D eigenvalue weighted by Gasteiger charge is 2.26. The third-order valence-corrected chi connectivity index (χ3v) is 6.65. The van der Waals surface area contributed by atoms with Gasteiger partial charge in [0.25, 0.3) is 0 Å². The largest absolute Gasteiger partial charge is 0.325 e. The fourth-order valence-electron chi connectivity index (χ4n) is 2.85.